The number of rotatable bonds is 2. The molecule has 1 saturated heterocycles. The first-order valence-corrected chi connectivity index (χ1v) is 4.75. The largest absolute Gasteiger partial charge is 0.381 e. The highest BCUT2D eigenvalue weighted by atomic mass is 19.1. The molecule has 0 bridgehead atoms. The van der Waals surface area contributed by atoms with E-state index in [-0.39, 0.29) is 11.8 Å². The number of ether oxygens (including phenoxy) is 1. The van der Waals surface area contributed by atoms with Crippen LogP contribution in [0.25, 0.3) is 0 Å². The molecule has 80 valence electrons. The van der Waals surface area contributed by atoms with Crippen molar-refractivity contribution in [3.63, 3.8) is 0 Å². The highest BCUT2D eigenvalue weighted by Gasteiger charge is 2.23. The molecule has 2 rings (SSSR count). The molecule has 0 radical (unpaired) electrons. The number of amides is 1. The molecule has 0 saturated carbocycles. The van der Waals surface area contributed by atoms with Gasteiger partial charge in [-0.1, -0.05) is 0 Å². The molecular weight excluding hydrogens is 199 g/mol. The summed E-state index contributed by atoms with van der Waals surface area (Å²) in [6.45, 7) is 1.05. The summed E-state index contributed by atoms with van der Waals surface area (Å²) in [5, 5.41) is 2.60. The second-order valence-electron chi connectivity index (χ2n) is 3.44. The van der Waals surface area contributed by atoms with Gasteiger partial charge in [0.15, 0.2) is 0 Å². The number of pyridine rings is 1. The van der Waals surface area contributed by atoms with Crippen molar-refractivity contribution in [1.82, 2.24) is 4.98 Å². The molecule has 1 aliphatic heterocycles. The molecule has 1 fully saturated rings. The lowest BCUT2D eigenvalue weighted by Crippen LogP contribution is -2.22. The molecule has 1 N–H and O–H groups in total. The van der Waals surface area contributed by atoms with Crippen molar-refractivity contribution in [3.05, 3.63) is 24.3 Å². The monoisotopic (exact) mass is 210 g/mol. The van der Waals surface area contributed by atoms with Crippen LogP contribution in [0.5, 0.6) is 0 Å². The van der Waals surface area contributed by atoms with Crippen molar-refractivity contribution in [1.29, 1.82) is 0 Å². The molecule has 1 atom stereocenters. The van der Waals surface area contributed by atoms with Crippen LogP contribution >= 0.6 is 0 Å². The molecule has 5 heteroatoms. The van der Waals surface area contributed by atoms with Gasteiger partial charge in [0.05, 0.1) is 30.6 Å². The summed E-state index contributed by atoms with van der Waals surface area (Å²) in [6, 6.07) is 1.24. The number of carbonyl (C=O) groups excluding carboxylic acids is 1. The maximum Gasteiger partial charge on any atom is 0.229 e. The topological polar surface area (TPSA) is 51.2 Å². The van der Waals surface area contributed by atoms with E-state index >= 15 is 0 Å². The van der Waals surface area contributed by atoms with E-state index in [2.05, 4.69) is 10.3 Å². The normalized spacial score (nSPS) is 20.2. The molecular formula is C10H11FN2O2. The Kier molecular flexibility index (Phi) is 2.91. The Morgan fingerprint density at radius 1 is 1.60 bits per heavy atom. The smallest absolute Gasteiger partial charge is 0.229 e. The van der Waals surface area contributed by atoms with Gasteiger partial charge in [-0.15, -0.1) is 0 Å². The fourth-order valence-corrected chi connectivity index (χ4v) is 1.47. The van der Waals surface area contributed by atoms with Crippen LogP contribution in [0.4, 0.5) is 10.1 Å². The van der Waals surface area contributed by atoms with Crippen molar-refractivity contribution >= 4 is 11.6 Å². The minimum Gasteiger partial charge on any atom is -0.381 e. The zero-order valence-electron chi connectivity index (χ0n) is 8.07. The third kappa shape index (κ3) is 2.50. The second-order valence-corrected chi connectivity index (χ2v) is 3.44. The van der Waals surface area contributed by atoms with E-state index in [0.717, 1.165) is 6.20 Å². The first-order chi connectivity index (χ1) is 7.25. The van der Waals surface area contributed by atoms with Crippen LogP contribution in [0.3, 0.4) is 0 Å². The van der Waals surface area contributed by atoms with Gasteiger partial charge < -0.3 is 10.1 Å². The summed E-state index contributed by atoms with van der Waals surface area (Å²) in [6.07, 6.45) is 3.22. The van der Waals surface area contributed by atoms with Crippen LogP contribution in [-0.2, 0) is 9.53 Å². The number of anilines is 1. The molecule has 15 heavy (non-hydrogen) atoms. The van der Waals surface area contributed by atoms with Crippen LogP contribution in [0.2, 0.25) is 0 Å². The Balaban J connectivity index is 1.99. The van der Waals surface area contributed by atoms with Crippen LogP contribution < -0.4 is 5.32 Å². The number of aromatic nitrogens is 1. The molecule has 2 heterocycles. The minimum absolute atomic E-state index is 0.131. The highest BCUT2D eigenvalue weighted by molar-refractivity contribution is 5.92. The van der Waals surface area contributed by atoms with Gasteiger partial charge in [0, 0.05) is 12.7 Å². The van der Waals surface area contributed by atoms with Gasteiger partial charge in [-0.3, -0.25) is 9.78 Å². The number of nitrogens with zero attached hydrogens (tertiary/aromatic N) is 1. The summed E-state index contributed by atoms with van der Waals surface area (Å²) in [5.41, 5.74) is 0.381. The summed E-state index contributed by atoms with van der Waals surface area (Å²) >= 11 is 0. The predicted octanol–water partition coefficient (Wildman–Crippen LogP) is 1.20. The lowest BCUT2D eigenvalue weighted by Gasteiger charge is -2.08. The Morgan fingerprint density at radius 3 is 3.13 bits per heavy atom. The Labute approximate surface area is 86.5 Å². The first-order valence-electron chi connectivity index (χ1n) is 4.75. The van der Waals surface area contributed by atoms with Crippen LogP contribution in [0.15, 0.2) is 18.5 Å². The third-order valence-electron chi connectivity index (χ3n) is 2.27. The lowest BCUT2D eigenvalue weighted by atomic mass is 10.1. The van der Waals surface area contributed by atoms with E-state index in [0.29, 0.717) is 25.3 Å². The van der Waals surface area contributed by atoms with Gasteiger partial charge >= 0.3 is 0 Å². The predicted molar refractivity (Wildman–Crippen MR) is 51.8 cm³/mol. The van der Waals surface area contributed by atoms with Crippen molar-refractivity contribution < 1.29 is 13.9 Å². The average molecular weight is 210 g/mol. The summed E-state index contributed by atoms with van der Waals surface area (Å²) < 4.78 is 17.8. The van der Waals surface area contributed by atoms with Crippen LogP contribution in [0.1, 0.15) is 6.42 Å². The standard InChI is InChI=1S/C10H11FN2O2/c11-8-3-9(5-12-4-8)13-10(14)7-1-2-15-6-7/h3-5,7H,1-2,6H2,(H,13,14)/t7-/m1/s1. The number of halogens is 1. The van der Waals surface area contributed by atoms with Crippen molar-refractivity contribution in [2.45, 2.75) is 6.42 Å². The minimum atomic E-state index is -0.463. The third-order valence-corrected chi connectivity index (χ3v) is 2.27. The Morgan fingerprint density at radius 2 is 2.47 bits per heavy atom. The van der Waals surface area contributed by atoms with Crippen LogP contribution in [-0.4, -0.2) is 24.1 Å². The molecule has 0 aromatic carbocycles. The zero-order valence-corrected chi connectivity index (χ0v) is 8.07. The maximum atomic E-state index is 12.8. The fourth-order valence-electron chi connectivity index (χ4n) is 1.47. The second kappa shape index (κ2) is 4.35. The molecule has 1 aromatic rings. The van der Waals surface area contributed by atoms with Gasteiger partial charge in [0.1, 0.15) is 5.82 Å². The average Bonchev–Trinajstić information content (AvgIpc) is 2.70. The van der Waals surface area contributed by atoms with Gasteiger partial charge in [-0.2, -0.15) is 0 Å². The number of hydrogen-bond donors (Lipinski definition) is 1. The lowest BCUT2D eigenvalue weighted by molar-refractivity contribution is -0.119. The van der Waals surface area contributed by atoms with Gasteiger partial charge in [0.2, 0.25) is 5.91 Å². The molecule has 1 aliphatic rings. The van der Waals surface area contributed by atoms with Gasteiger partial charge in [-0.05, 0) is 6.42 Å². The molecule has 0 spiro atoms. The fraction of sp³-hybridized carbons (Fsp3) is 0.400. The van der Waals surface area contributed by atoms with Gasteiger partial charge in [0.25, 0.3) is 0 Å². The van der Waals surface area contributed by atoms with Crippen molar-refractivity contribution in [2.24, 2.45) is 5.92 Å². The molecule has 0 aliphatic carbocycles. The van der Waals surface area contributed by atoms with Crippen molar-refractivity contribution in [2.75, 3.05) is 18.5 Å². The van der Waals surface area contributed by atoms with E-state index in [1.807, 2.05) is 0 Å². The quantitative estimate of drug-likeness (QED) is 0.797. The maximum absolute atomic E-state index is 12.8. The Bertz CT molecular complexity index is 364. The Hall–Kier alpha value is -1.49. The molecule has 4 nitrogen and oxygen atoms in total. The van der Waals surface area contributed by atoms with E-state index < -0.39 is 5.82 Å². The van der Waals surface area contributed by atoms with Gasteiger partial charge in [-0.25, -0.2) is 4.39 Å². The highest BCUT2D eigenvalue weighted by Crippen LogP contribution is 2.15. The zero-order chi connectivity index (χ0) is 10.7. The number of carbonyl (C=O) groups is 1. The number of nitrogens with one attached hydrogen (secondary N) is 1. The van der Waals surface area contributed by atoms with E-state index in [4.69, 9.17) is 4.74 Å². The molecule has 0 unspecified atom stereocenters. The summed E-state index contributed by atoms with van der Waals surface area (Å²) in [7, 11) is 0. The first kappa shape index (κ1) is 10.0. The van der Waals surface area contributed by atoms with E-state index in [1.54, 1.807) is 0 Å². The SMILES string of the molecule is O=C(Nc1cncc(F)c1)[C@@H]1CCOC1. The molecule has 1 amide bonds. The number of hydrogen-bond acceptors (Lipinski definition) is 3. The summed E-state index contributed by atoms with van der Waals surface area (Å²) in [5.74, 6) is -0.733. The van der Waals surface area contributed by atoms with E-state index in [9.17, 15) is 9.18 Å². The molecule has 1 aromatic heterocycles. The summed E-state index contributed by atoms with van der Waals surface area (Å²) in [4.78, 5) is 15.2. The van der Waals surface area contributed by atoms with Crippen LogP contribution in [0, 0.1) is 11.7 Å². The van der Waals surface area contributed by atoms with Crippen molar-refractivity contribution in [3.8, 4) is 0 Å². The van der Waals surface area contributed by atoms with E-state index in [1.165, 1.54) is 12.3 Å².